The van der Waals surface area contributed by atoms with Gasteiger partial charge in [-0.25, -0.2) is 0 Å². The molecule has 0 atom stereocenters. The van der Waals surface area contributed by atoms with Gasteiger partial charge in [0.1, 0.15) is 11.5 Å². The third kappa shape index (κ3) is 3.25. The molecule has 0 aliphatic carbocycles. The summed E-state index contributed by atoms with van der Waals surface area (Å²) in [6.45, 7) is 0. The molecule has 0 N–H and O–H groups in total. The Morgan fingerprint density at radius 1 is 0.415 bits per heavy atom. The van der Waals surface area contributed by atoms with Crippen molar-refractivity contribution in [2.45, 2.75) is 5.92 Å². The molecule has 1 aliphatic heterocycles. The lowest BCUT2D eigenvalue weighted by Gasteiger charge is -2.31. The van der Waals surface area contributed by atoms with Crippen molar-refractivity contribution >= 4 is 43.4 Å². The number of rotatable bonds is 2. The van der Waals surface area contributed by atoms with Gasteiger partial charge in [0.15, 0.2) is 0 Å². The second kappa shape index (κ2) is 8.58. The van der Waals surface area contributed by atoms with Crippen molar-refractivity contribution in [3.63, 3.8) is 0 Å². The summed E-state index contributed by atoms with van der Waals surface area (Å²) < 4.78 is 9.00. The Labute approximate surface area is 237 Å². The molecule has 0 amide bonds. The van der Waals surface area contributed by atoms with Gasteiger partial charge in [-0.05, 0) is 63.5 Å². The minimum atomic E-state index is 0.0400. The van der Waals surface area contributed by atoms with Crippen molar-refractivity contribution in [3.8, 4) is 17.2 Å². The quantitative estimate of drug-likeness (QED) is 0.220. The summed E-state index contributed by atoms with van der Waals surface area (Å²) >= 11 is 0. The van der Waals surface area contributed by atoms with Gasteiger partial charge in [-0.3, -0.25) is 0 Å². The summed E-state index contributed by atoms with van der Waals surface area (Å²) in [6.07, 6.45) is 0. The monoisotopic (exact) mass is 523 g/mol. The lowest BCUT2D eigenvalue weighted by Crippen LogP contribution is -2.13. The van der Waals surface area contributed by atoms with Gasteiger partial charge in [-0.15, -0.1) is 0 Å². The van der Waals surface area contributed by atoms with Crippen LogP contribution in [0.1, 0.15) is 22.6 Å². The van der Waals surface area contributed by atoms with E-state index in [0.717, 1.165) is 17.2 Å². The van der Waals surface area contributed by atoms with Gasteiger partial charge in [-0.2, -0.15) is 0 Å². The van der Waals surface area contributed by atoms with Crippen molar-refractivity contribution in [1.82, 2.24) is 4.57 Å². The molecule has 0 saturated carbocycles. The Morgan fingerprint density at radius 2 is 0.878 bits per heavy atom. The van der Waals surface area contributed by atoms with Crippen LogP contribution in [-0.4, -0.2) is 4.57 Å². The Bertz CT molecular complexity index is 2150. The molecule has 8 aromatic rings. The molecule has 2 heterocycles. The van der Waals surface area contributed by atoms with Gasteiger partial charge in [0, 0.05) is 33.5 Å². The number of aromatic nitrogens is 1. The fourth-order valence-corrected chi connectivity index (χ4v) is 6.94. The standard InChI is InChI=1S/C39H25NO/c1-3-11-29-25(9-1)19-23-35-38(29)37(39-30-12-4-2-10-26(30)20-24-36(39)41-35)27-17-21-28(22-18-27)40-33-15-7-5-13-31(33)32-14-6-8-16-34(32)40/h1-24,37H. The highest BCUT2D eigenvalue weighted by Gasteiger charge is 2.32. The molecule has 41 heavy (non-hydrogen) atoms. The summed E-state index contributed by atoms with van der Waals surface area (Å²) in [5, 5.41) is 7.48. The predicted octanol–water partition coefficient (Wildman–Crippen LogP) is 10.4. The van der Waals surface area contributed by atoms with Crippen LogP contribution in [-0.2, 0) is 0 Å². The molecule has 2 nitrogen and oxygen atoms in total. The average molecular weight is 524 g/mol. The van der Waals surface area contributed by atoms with Gasteiger partial charge in [0.05, 0.1) is 11.0 Å². The third-order valence-electron chi connectivity index (χ3n) is 8.72. The zero-order valence-electron chi connectivity index (χ0n) is 22.3. The van der Waals surface area contributed by atoms with Crippen LogP contribution in [0.4, 0.5) is 0 Å². The molecule has 2 heteroatoms. The van der Waals surface area contributed by atoms with Crippen molar-refractivity contribution in [2.24, 2.45) is 0 Å². The predicted molar refractivity (Wildman–Crippen MR) is 170 cm³/mol. The zero-order valence-corrected chi connectivity index (χ0v) is 22.3. The highest BCUT2D eigenvalue weighted by molar-refractivity contribution is 6.09. The van der Waals surface area contributed by atoms with E-state index in [0.29, 0.717) is 0 Å². The fraction of sp³-hybridized carbons (Fsp3) is 0.0256. The second-order valence-corrected chi connectivity index (χ2v) is 10.9. The molecule has 0 spiro atoms. The third-order valence-corrected chi connectivity index (χ3v) is 8.72. The molecule has 9 rings (SSSR count). The van der Waals surface area contributed by atoms with Crippen LogP contribution < -0.4 is 4.74 Å². The van der Waals surface area contributed by atoms with Crippen molar-refractivity contribution in [2.75, 3.05) is 0 Å². The van der Waals surface area contributed by atoms with Crippen molar-refractivity contribution in [3.05, 3.63) is 162 Å². The fourth-order valence-electron chi connectivity index (χ4n) is 6.94. The molecule has 0 radical (unpaired) electrons. The topological polar surface area (TPSA) is 14.2 Å². The maximum atomic E-state index is 6.62. The van der Waals surface area contributed by atoms with Gasteiger partial charge in [-0.1, -0.05) is 109 Å². The van der Waals surface area contributed by atoms with Crippen LogP contribution in [0.5, 0.6) is 11.5 Å². The SMILES string of the molecule is c1ccc2c3c(ccc2c1)Oc1ccc2ccccc2c1C3c1ccc(-n2c3ccccc3c3ccccc32)cc1. The normalized spacial score (nSPS) is 13.0. The molecule has 0 unspecified atom stereocenters. The summed E-state index contributed by atoms with van der Waals surface area (Å²) in [5.41, 5.74) is 7.33. The van der Waals surface area contributed by atoms with Crippen LogP contribution in [0, 0.1) is 0 Å². The van der Waals surface area contributed by atoms with E-state index in [-0.39, 0.29) is 5.92 Å². The first kappa shape index (κ1) is 22.5. The lowest BCUT2D eigenvalue weighted by atomic mass is 9.78. The zero-order chi connectivity index (χ0) is 26.9. The molecule has 192 valence electrons. The number of ether oxygens (including phenoxy) is 1. The molecule has 1 aliphatic rings. The van der Waals surface area contributed by atoms with Gasteiger partial charge in [0.2, 0.25) is 0 Å². The van der Waals surface area contributed by atoms with E-state index < -0.39 is 0 Å². The number of para-hydroxylation sites is 2. The molecule has 1 aromatic heterocycles. The lowest BCUT2D eigenvalue weighted by molar-refractivity contribution is 0.456. The summed E-state index contributed by atoms with van der Waals surface area (Å²) in [4.78, 5) is 0. The Kier molecular flexibility index (Phi) is 4.70. The van der Waals surface area contributed by atoms with Crippen LogP contribution in [0.3, 0.4) is 0 Å². The van der Waals surface area contributed by atoms with E-state index in [4.69, 9.17) is 4.74 Å². The van der Waals surface area contributed by atoms with E-state index in [2.05, 4.69) is 150 Å². The van der Waals surface area contributed by atoms with E-state index in [1.807, 2.05) is 0 Å². The molecule has 0 saturated heterocycles. The Hall–Kier alpha value is -5.34. The number of hydrogen-bond donors (Lipinski definition) is 0. The molecular weight excluding hydrogens is 498 g/mol. The number of nitrogens with zero attached hydrogens (tertiary/aromatic N) is 1. The Morgan fingerprint density at radius 3 is 1.41 bits per heavy atom. The first-order chi connectivity index (χ1) is 20.3. The summed E-state index contributed by atoms with van der Waals surface area (Å²) in [7, 11) is 0. The molecule has 0 fully saturated rings. The van der Waals surface area contributed by atoms with Gasteiger partial charge in [0.25, 0.3) is 0 Å². The molecule has 0 bridgehead atoms. The largest absolute Gasteiger partial charge is 0.457 e. The molecule has 7 aromatic carbocycles. The van der Waals surface area contributed by atoms with Crippen LogP contribution in [0.25, 0.3) is 49.0 Å². The summed E-state index contributed by atoms with van der Waals surface area (Å²) in [6, 6.07) is 52.5. The minimum absolute atomic E-state index is 0.0400. The summed E-state index contributed by atoms with van der Waals surface area (Å²) in [5.74, 6) is 1.91. The van der Waals surface area contributed by atoms with E-state index in [1.54, 1.807) is 0 Å². The molecular formula is C39H25NO. The highest BCUT2D eigenvalue weighted by Crippen LogP contribution is 2.52. The van der Waals surface area contributed by atoms with Crippen LogP contribution >= 0.6 is 0 Å². The van der Waals surface area contributed by atoms with Crippen molar-refractivity contribution in [1.29, 1.82) is 0 Å². The van der Waals surface area contributed by atoms with Crippen molar-refractivity contribution < 1.29 is 4.74 Å². The highest BCUT2D eigenvalue weighted by atomic mass is 16.5. The second-order valence-electron chi connectivity index (χ2n) is 10.9. The number of benzene rings is 7. The van der Waals surface area contributed by atoms with E-state index in [1.165, 1.54) is 60.0 Å². The van der Waals surface area contributed by atoms with Crippen LogP contribution in [0.2, 0.25) is 0 Å². The minimum Gasteiger partial charge on any atom is -0.457 e. The average Bonchev–Trinajstić information content (AvgIpc) is 3.38. The first-order valence-corrected chi connectivity index (χ1v) is 14.1. The van der Waals surface area contributed by atoms with E-state index in [9.17, 15) is 0 Å². The maximum absolute atomic E-state index is 6.62. The number of hydrogen-bond acceptors (Lipinski definition) is 1. The van der Waals surface area contributed by atoms with Gasteiger partial charge < -0.3 is 9.30 Å². The number of fused-ring (bicyclic) bond motifs is 9. The Balaban J connectivity index is 1.30. The van der Waals surface area contributed by atoms with E-state index >= 15 is 0 Å². The first-order valence-electron chi connectivity index (χ1n) is 14.1. The maximum Gasteiger partial charge on any atom is 0.132 e. The van der Waals surface area contributed by atoms with Gasteiger partial charge >= 0.3 is 0 Å². The smallest absolute Gasteiger partial charge is 0.132 e. The van der Waals surface area contributed by atoms with Crippen LogP contribution in [0.15, 0.2) is 146 Å².